The number of pyridine rings is 1. The molecule has 0 aliphatic heterocycles. The number of carbonyl (C=O) groups is 2. The number of nitrogens with zero attached hydrogens (tertiary/aromatic N) is 4. The van der Waals surface area contributed by atoms with Gasteiger partial charge in [0, 0.05) is 23.5 Å². The zero-order valence-electron chi connectivity index (χ0n) is 21.9. The van der Waals surface area contributed by atoms with Crippen molar-refractivity contribution in [2.24, 2.45) is 5.73 Å². The summed E-state index contributed by atoms with van der Waals surface area (Å²) in [4.78, 5) is 40.9. The third-order valence-electron chi connectivity index (χ3n) is 5.78. The molecule has 3 aromatic heterocycles. The number of hydrogen-bond acceptors (Lipinski definition) is 10. The van der Waals surface area contributed by atoms with Crippen molar-refractivity contribution in [3.8, 4) is 22.2 Å². The van der Waals surface area contributed by atoms with E-state index in [-0.39, 0.29) is 34.3 Å². The smallest absolute Gasteiger partial charge is 0.412 e. The largest absolute Gasteiger partial charge is 0.487 e. The zero-order chi connectivity index (χ0) is 29.3. The number of primary amides is 1. The maximum absolute atomic E-state index is 15.2. The number of aromatic nitrogens is 4. The lowest BCUT2D eigenvalue weighted by molar-refractivity contribution is 0.0843. The van der Waals surface area contributed by atoms with E-state index in [1.807, 2.05) is 19.1 Å². The molecule has 11 nitrogen and oxygen atoms in total. The molecule has 1 atom stereocenters. The normalized spacial score (nSPS) is 11.8. The molecule has 0 radical (unpaired) electrons. The second kappa shape index (κ2) is 11.5. The Morgan fingerprint density at radius 2 is 1.98 bits per heavy atom. The summed E-state index contributed by atoms with van der Waals surface area (Å²) >= 11 is 7.65. The fourth-order valence-corrected chi connectivity index (χ4v) is 5.24. The Hall–Kier alpha value is -4.62. The Morgan fingerprint density at radius 3 is 2.73 bits per heavy atom. The number of fused-ring (bicyclic) bond motifs is 2. The minimum Gasteiger partial charge on any atom is -0.487 e. The van der Waals surface area contributed by atoms with Crippen LogP contribution in [0.5, 0.6) is 11.6 Å². The Kier molecular flexibility index (Phi) is 7.81. The summed E-state index contributed by atoms with van der Waals surface area (Å²) in [5, 5.41) is 2.85. The van der Waals surface area contributed by atoms with Crippen LogP contribution in [-0.2, 0) is 4.74 Å². The van der Waals surface area contributed by atoms with Gasteiger partial charge in [0.1, 0.15) is 34.0 Å². The predicted molar refractivity (Wildman–Crippen MR) is 152 cm³/mol. The minimum atomic E-state index is -0.810. The molecule has 3 heterocycles. The number of anilines is 1. The first-order chi connectivity index (χ1) is 19.6. The van der Waals surface area contributed by atoms with E-state index < -0.39 is 23.9 Å². The van der Waals surface area contributed by atoms with Crippen molar-refractivity contribution >= 4 is 61.9 Å². The van der Waals surface area contributed by atoms with Gasteiger partial charge >= 0.3 is 6.09 Å². The zero-order valence-corrected chi connectivity index (χ0v) is 23.5. The van der Waals surface area contributed by atoms with Crippen molar-refractivity contribution in [3.63, 3.8) is 0 Å². The molecular formula is C27H22ClFN6O5S. The molecule has 0 spiro atoms. The molecular weight excluding hydrogens is 575 g/mol. The van der Waals surface area contributed by atoms with Crippen molar-refractivity contribution in [2.45, 2.75) is 20.0 Å². The second-order valence-electron chi connectivity index (χ2n) is 8.91. The number of amides is 2. The third kappa shape index (κ3) is 5.95. The Morgan fingerprint density at radius 1 is 1.17 bits per heavy atom. The average molecular weight is 597 g/mol. The molecule has 5 rings (SSSR count). The van der Waals surface area contributed by atoms with Crippen LogP contribution in [0.3, 0.4) is 0 Å². The maximum Gasteiger partial charge on any atom is 0.412 e. The number of thiazole rings is 1. The number of benzene rings is 2. The number of nitrogens with one attached hydrogen (secondary N) is 1. The van der Waals surface area contributed by atoms with Crippen LogP contribution < -0.4 is 20.5 Å². The third-order valence-corrected chi connectivity index (χ3v) is 7.16. The maximum atomic E-state index is 15.2. The minimum absolute atomic E-state index is 0.0168. The van der Waals surface area contributed by atoms with Crippen molar-refractivity contribution in [1.82, 2.24) is 19.9 Å². The molecule has 2 amide bonds. The molecule has 0 aliphatic rings. The van der Waals surface area contributed by atoms with Crippen LogP contribution in [-0.4, -0.2) is 51.8 Å². The highest BCUT2D eigenvalue weighted by molar-refractivity contribution is 7.21. The van der Waals surface area contributed by atoms with Gasteiger partial charge in [-0.05, 0) is 43.7 Å². The Bertz CT molecular complexity index is 1820. The summed E-state index contributed by atoms with van der Waals surface area (Å²) in [5.74, 6) is -1.26. The van der Waals surface area contributed by atoms with E-state index in [9.17, 15) is 9.59 Å². The predicted octanol–water partition coefficient (Wildman–Crippen LogP) is 5.53. The fourth-order valence-electron chi connectivity index (χ4n) is 3.93. The summed E-state index contributed by atoms with van der Waals surface area (Å²) in [6, 6.07) is 8.09. The molecule has 0 fully saturated rings. The number of rotatable bonds is 8. The number of carbonyl (C=O) groups excluding carboxylic acids is 2. The molecule has 0 saturated carbocycles. The number of hydrogen-bond donors (Lipinski definition) is 2. The summed E-state index contributed by atoms with van der Waals surface area (Å²) in [7, 11) is 1.52. The van der Waals surface area contributed by atoms with E-state index in [1.54, 1.807) is 6.92 Å². The van der Waals surface area contributed by atoms with E-state index in [2.05, 4.69) is 25.3 Å². The number of methoxy groups -OCH3 is 1. The lowest BCUT2D eigenvalue weighted by atomic mass is 10.1. The van der Waals surface area contributed by atoms with Crippen LogP contribution in [0.2, 0.25) is 5.02 Å². The molecule has 0 aliphatic carbocycles. The van der Waals surface area contributed by atoms with Gasteiger partial charge in [-0.1, -0.05) is 11.6 Å². The monoisotopic (exact) mass is 596 g/mol. The van der Waals surface area contributed by atoms with Gasteiger partial charge in [0.2, 0.25) is 5.88 Å². The van der Waals surface area contributed by atoms with Crippen LogP contribution in [0.15, 0.2) is 42.7 Å². The summed E-state index contributed by atoms with van der Waals surface area (Å²) in [5.41, 5.74) is 8.64. The Labute approximate surface area is 241 Å². The van der Waals surface area contributed by atoms with Crippen molar-refractivity contribution in [3.05, 3.63) is 64.8 Å². The molecule has 14 heteroatoms. The van der Waals surface area contributed by atoms with E-state index in [0.29, 0.717) is 26.6 Å². The van der Waals surface area contributed by atoms with E-state index in [0.717, 1.165) is 11.1 Å². The number of ether oxygens (including phenoxy) is 3. The van der Waals surface area contributed by atoms with Gasteiger partial charge < -0.3 is 19.9 Å². The molecule has 0 unspecified atom stereocenters. The van der Waals surface area contributed by atoms with Crippen LogP contribution >= 0.6 is 22.9 Å². The van der Waals surface area contributed by atoms with Crippen molar-refractivity contribution < 1.29 is 28.2 Å². The molecule has 41 heavy (non-hydrogen) atoms. The first-order valence-corrected chi connectivity index (χ1v) is 13.3. The van der Waals surface area contributed by atoms with E-state index in [4.69, 9.17) is 31.5 Å². The molecule has 0 saturated heterocycles. The van der Waals surface area contributed by atoms with Crippen molar-refractivity contribution in [1.29, 1.82) is 0 Å². The van der Waals surface area contributed by atoms with Crippen LogP contribution in [0.1, 0.15) is 23.0 Å². The molecule has 5 aromatic rings. The highest BCUT2D eigenvalue weighted by Gasteiger charge is 2.21. The quantitative estimate of drug-likeness (QED) is 0.236. The molecule has 2 aromatic carbocycles. The SMILES string of the molecule is COc1cnc2c(-c3nc4c(Cl)c(F)c(OC[C@@H](C)OC(=O)Nc5ccnc(C(N)=O)c5)cc4s3)cc(C)cc2n1. The van der Waals surface area contributed by atoms with Gasteiger partial charge in [0.25, 0.3) is 5.91 Å². The van der Waals surface area contributed by atoms with Gasteiger partial charge in [0.05, 0.1) is 29.0 Å². The molecule has 210 valence electrons. The van der Waals surface area contributed by atoms with Crippen molar-refractivity contribution in [2.75, 3.05) is 19.0 Å². The van der Waals surface area contributed by atoms with Gasteiger partial charge in [0.15, 0.2) is 11.6 Å². The number of aryl methyl sites for hydroxylation is 1. The number of nitrogens with two attached hydrogens (primary N) is 1. The summed E-state index contributed by atoms with van der Waals surface area (Å²) < 4.78 is 31.8. The summed E-state index contributed by atoms with van der Waals surface area (Å²) in [6.07, 6.45) is 1.26. The standard InChI is InChI=1S/C27H22ClFN6O5S/c1-12-6-15(23-16(7-12)34-20(38-3)10-32-23)26-35-24-19(41-26)9-18(22(29)21(24)28)39-11-13(2)40-27(37)33-14-4-5-31-17(8-14)25(30)36/h4-10,13H,11H2,1-3H3,(H2,30,36)(H,31,33,37)/t13-/m1/s1. The molecule has 3 N–H and O–H groups in total. The van der Waals surface area contributed by atoms with Crippen LogP contribution in [0.4, 0.5) is 14.9 Å². The van der Waals surface area contributed by atoms with Gasteiger partial charge in [-0.2, -0.15) is 0 Å². The lowest BCUT2D eigenvalue weighted by Gasteiger charge is -2.15. The number of halogens is 2. The highest BCUT2D eigenvalue weighted by Crippen LogP contribution is 2.40. The highest BCUT2D eigenvalue weighted by atomic mass is 35.5. The Balaban J connectivity index is 1.33. The first-order valence-electron chi connectivity index (χ1n) is 12.1. The second-order valence-corrected chi connectivity index (χ2v) is 10.3. The summed E-state index contributed by atoms with van der Waals surface area (Å²) in [6.45, 7) is 3.33. The topological polar surface area (TPSA) is 151 Å². The molecule has 0 bridgehead atoms. The van der Waals surface area contributed by atoms with Gasteiger partial charge in [-0.15, -0.1) is 11.3 Å². The average Bonchev–Trinajstić information content (AvgIpc) is 3.37. The fraction of sp³-hybridized carbons (Fsp3) is 0.185. The lowest BCUT2D eigenvalue weighted by Crippen LogP contribution is -2.25. The van der Waals surface area contributed by atoms with Crippen LogP contribution in [0, 0.1) is 12.7 Å². The first kappa shape index (κ1) is 27.9. The van der Waals surface area contributed by atoms with E-state index >= 15 is 4.39 Å². The van der Waals surface area contributed by atoms with Gasteiger partial charge in [-0.25, -0.2) is 24.1 Å². The van der Waals surface area contributed by atoms with Gasteiger partial charge in [-0.3, -0.25) is 15.1 Å². The van der Waals surface area contributed by atoms with E-state index in [1.165, 1.54) is 49.0 Å². The van der Waals surface area contributed by atoms with Crippen LogP contribution in [0.25, 0.3) is 31.8 Å².